The fraction of sp³-hybridized carbons (Fsp3) is 0.143. The average Bonchev–Trinajstić information content (AvgIpc) is 3.18. The van der Waals surface area contributed by atoms with Gasteiger partial charge in [-0.3, -0.25) is 4.79 Å². The molecule has 0 fully saturated rings. The summed E-state index contributed by atoms with van der Waals surface area (Å²) in [4.78, 5) is 16.8. The van der Waals surface area contributed by atoms with E-state index in [2.05, 4.69) is 15.6 Å². The van der Waals surface area contributed by atoms with Gasteiger partial charge in [0.1, 0.15) is 11.6 Å². The van der Waals surface area contributed by atoms with Crippen LogP contribution < -0.4 is 24.8 Å². The fourth-order valence-electron chi connectivity index (χ4n) is 2.77. The lowest BCUT2D eigenvalue weighted by atomic mass is 10.2. The third-order valence-electron chi connectivity index (χ3n) is 4.09. The average molecular weight is 377 g/mol. The summed E-state index contributed by atoms with van der Waals surface area (Å²) in [6.07, 6.45) is 1.59. The molecule has 0 saturated heterocycles. The molecule has 0 bridgehead atoms. The number of nitrogens with zero attached hydrogens (tertiary/aromatic N) is 1. The standard InChI is InChI=1S/C21H19N3O4/c1-2-26-17-6-3-15(4-7-17)24-21(25)14-9-10-22-20(11-14)23-16-5-8-18-19(12-16)28-13-27-18/h3-12H,2,13H2,1H3,(H,22,23)(H,24,25). The summed E-state index contributed by atoms with van der Waals surface area (Å²) >= 11 is 0. The van der Waals surface area contributed by atoms with E-state index < -0.39 is 0 Å². The molecule has 0 aliphatic carbocycles. The van der Waals surface area contributed by atoms with E-state index in [4.69, 9.17) is 14.2 Å². The van der Waals surface area contributed by atoms with Gasteiger partial charge < -0.3 is 24.8 Å². The molecule has 142 valence electrons. The summed E-state index contributed by atoms with van der Waals surface area (Å²) in [5, 5.41) is 6.04. The molecule has 0 radical (unpaired) electrons. The molecule has 4 rings (SSSR count). The SMILES string of the molecule is CCOc1ccc(NC(=O)c2ccnc(Nc3ccc4c(c3)OCO4)c2)cc1. The number of amides is 1. The van der Waals surface area contributed by atoms with Gasteiger partial charge in [0.2, 0.25) is 6.79 Å². The van der Waals surface area contributed by atoms with Gasteiger partial charge >= 0.3 is 0 Å². The number of ether oxygens (including phenoxy) is 3. The van der Waals surface area contributed by atoms with Gasteiger partial charge in [-0.2, -0.15) is 0 Å². The predicted octanol–water partition coefficient (Wildman–Crippen LogP) is 4.20. The highest BCUT2D eigenvalue weighted by molar-refractivity contribution is 6.04. The first-order chi connectivity index (χ1) is 13.7. The molecule has 0 atom stereocenters. The Morgan fingerprint density at radius 2 is 1.82 bits per heavy atom. The van der Waals surface area contributed by atoms with Crippen LogP contribution in [0.5, 0.6) is 17.2 Å². The number of benzene rings is 2. The van der Waals surface area contributed by atoms with Gasteiger partial charge in [0.05, 0.1) is 6.61 Å². The maximum absolute atomic E-state index is 12.5. The number of fused-ring (bicyclic) bond motifs is 1. The van der Waals surface area contributed by atoms with Crippen LogP contribution in [0.15, 0.2) is 60.8 Å². The molecule has 1 aromatic heterocycles. The Morgan fingerprint density at radius 1 is 1.04 bits per heavy atom. The molecule has 1 aliphatic rings. The van der Waals surface area contributed by atoms with Crippen LogP contribution in [0.3, 0.4) is 0 Å². The first kappa shape index (κ1) is 17.7. The zero-order valence-corrected chi connectivity index (χ0v) is 15.3. The lowest BCUT2D eigenvalue weighted by Crippen LogP contribution is -2.12. The summed E-state index contributed by atoms with van der Waals surface area (Å²) in [5.74, 6) is 2.48. The Morgan fingerprint density at radius 3 is 2.64 bits per heavy atom. The fourth-order valence-corrected chi connectivity index (χ4v) is 2.77. The predicted molar refractivity (Wildman–Crippen MR) is 106 cm³/mol. The van der Waals surface area contributed by atoms with E-state index in [1.54, 1.807) is 30.5 Å². The van der Waals surface area contributed by atoms with Gasteiger partial charge in [0, 0.05) is 29.2 Å². The van der Waals surface area contributed by atoms with Crippen LogP contribution in [0.25, 0.3) is 0 Å². The van der Waals surface area contributed by atoms with Crippen molar-refractivity contribution in [3.05, 3.63) is 66.4 Å². The van der Waals surface area contributed by atoms with Gasteiger partial charge in [-0.15, -0.1) is 0 Å². The number of hydrogen-bond acceptors (Lipinski definition) is 6. The maximum atomic E-state index is 12.5. The normalized spacial score (nSPS) is 11.8. The molecule has 7 nitrogen and oxygen atoms in total. The number of hydrogen-bond donors (Lipinski definition) is 2. The van der Waals surface area contributed by atoms with E-state index in [0.29, 0.717) is 35.2 Å². The molecule has 7 heteroatoms. The van der Waals surface area contributed by atoms with Gasteiger partial charge in [0.15, 0.2) is 11.5 Å². The monoisotopic (exact) mass is 377 g/mol. The van der Waals surface area contributed by atoms with Crippen molar-refractivity contribution in [2.45, 2.75) is 6.92 Å². The second kappa shape index (κ2) is 7.87. The largest absolute Gasteiger partial charge is 0.494 e. The molecule has 0 spiro atoms. The van der Waals surface area contributed by atoms with Crippen molar-refractivity contribution in [1.29, 1.82) is 0 Å². The van der Waals surface area contributed by atoms with Crippen molar-refractivity contribution in [2.24, 2.45) is 0 Å². The van der Waals surface area contributed by atoms with Gasteiger partial charge in [-0.25, -0.2) is 4.98 Å². The van der Waals surface area contributed by atoms with Crippen LogP contribution >= 0.6 is 0 Å². The molecule has 2 aromatic carbocycles. The molecule has 2 N–H and O–H groups in total. The molecule has 3 aromatic rings. The van der Waals surface area contributed by atoms with Crippen LogP contribution in [-0.2, 0) is 0 Å². The van der Waals surface area contributed by atoms with E-state index in [-0.39, 0.29) is 12.7 Å². The van der Waals surface area contributed by atoms with Crippen molar-refractivity contribution in [1.82, 2.24) is 4.98 Å². The topological polar surface area (TPSA) is 81.7 Å². The number of nitrogens with one attached hydrogen (secondary N) is 2. The lowest BCUT2D eigenvalue weighted by molar-refractivity contribution is 0.102. The number of carbonyl (C=O) groups is 1. The molecule has 1 amide bonds. The number of aromatic nitrogens is 1. The summed E-state index contributed by atoms with van der Waals surface area (Å²) < 4.78 is 16.1. The van der Waals surface area contributed by atoms with Crippen molar-refractivity contribution in [3.8, 4) is 17.2 Å². The van der Waals surface area contributed by atoms with E-state index in [0.717, 1.165) is 11.4 Å². The van der Waals surface area contributed by atoms with Crippen LogP contribution in [-0.4, -0.2) is 24.3 Å². The van der Waals surface area contributed by atoms with E-state index in [9.17, 15) is 4.79 Å². The molecule has 1 aliphatic heterocycles. The maximum Gasteiger partial charge on any atom is 0.255 e. The highest BCUT2D eigenvalue weighted by Gasteiger charge is 2.14. The molecular formula is C21H19N3O4. The first-order valence-corrected chi connectivity index (χ1v) is 8.88. The number of pyridine rings is 1. The smallest absolute Gasteiger partial charge is 0.255 e. The Balaban J connectivity index is 1.44. The molecule has 0 saturated carbocycles. The Kier molecular flexibility index (Phi) is 4.97. The summed E-state index contributed by atoms with van der Waals surface area (Å²) in [5.41, 5.74) is 1.98. The second-order valence-electron chi connectivity index (χ2n) is 6.03. The van der Waals surface area contributed by atoms with Gasteiger partial charge in [-0.1, -0.05) is 0 Å². The third kappa shape index (κ3) is 3.98. The van der Waals surface area contributed by atoms with Crippen molar-refractivity contribution < 1.29 is 19.0 Å². The summed E-state index contributed by atoms with van der Waals surface area (Å²) in [7, 11) is 0. The molecule has 2 heterocycles. The zero-order valence-electron chi connectivity index (χ0n) is 15.3. The molecule has 28 heavy (non-hydrogen) atoms. The minimum absolute atomic E-state index is 0.220. The summed E-state index contributed by atoms with van der Waals surface area (Å²) in [6, 6.07) is 16.1. The van der Waals surface area contributed by atoms with E-state index in [1.165, 1.54) is 0 Å². The van der Waals surface area contributed by atoms with Crippen LogP contribution in [0.2, 0.25) is 0 Å². The Hall–Kier alpha value is -3.74. The van der Waals surface area contributed by atoms with Crippen molar-refractivity contribution in [2.75, 3.05) is 24.0 Å². The van der Waals surface area contributed by atoms with E-state index >= 15 is 0 Å². The van der Waals surface area contributed by atoms with Crippen LogP contribution in [0.1, 0.15) is 17.3 Å². The number of carbonyl (C=O) groups excluding carboxylic acids is 1. The number of rotatable bonds is 6. The van der Waals surface area contributed by atoms with Crippen LogP contribution in [0.4, 0.5) is 17.2 Å². The zero-order chi connectivity index (χ0) is 19.3. The lowest BCUT2D eigenvalue weighted by Gasteiger charge is -2.09. The van der Waals surface area contributed by atoms with Gasteiger partial charge in [-0.05, 0) is 55.5 Å². The van der Waals surface area contributed by atoms with Crippen molar-refractivity contribution in [3.63, 3.8) is 0 Å². The Bertz CT molecular complexity index is 989. The Labute approximate surface area is 162 Å². The van der Waals surface area contributed by atoms with Crippen LogP contribution in [0, 0.1) is 0 Å². The van der Waals surface area contributed by atoms with Gasteiger partial charge in [0.25, 0.3) is 5.91 Å². The third-order valence-corrected chi connectivity index (χ3v) is 4.09. The minimum atomic E-state index is -0.222. The molecular weight excluding hydrogens is 358 g/mol. The summed E-state index contributed by atoms with van der Waals surface area (Å²) in [6.45, 7) is 2.74. The number of anilines is 3. The van der Waals surface area contributed by atoms with E-state index in [1.807, 2.05) is 37.3 Å². The minimum Gasteiger partial charge on any atom is -0.494 e. The van der Waals surface area contributed by atoms with Crippen molar-refractivity contribution >= 4 is 23.1 Å². The molecule has 0 unspecified atom stereocenters. The highest BCUT2D eigenvalue weighted by Crippen LogP contribution is 2.34. The first-order valence-electron chi connectivity index (χ1n) is 8.88. The second-order valence-corrected chi connectivity index (χ2v) is 6.03. The quantitative estimate of drug-likeness (QED) is 0.670. The highest BCUT2D eigenvalue weighted by atomic mass is 16.7.